The normalized spacial score (nSPS) is 17.0. The largest absolute Gasteiger partial charge is 0.379 e. The van der Waals surface area contributed by atoms with Crippen molar-refractivity contribution in [2.75, 3.05) is 32.8 Å². The Morgan fingerprint density at radius 3 is 2.46 bits per heavy atom. The van der Waals surface area contributed by atoms with Gasteiger partial charge in [0.1, 0.15) is 0 Å². The Morgan fingerprint density at radius 2 is 1.88 bits per heavy atom. The first-order valence-electron chi connectivity index (χ1n) is 9.19. The third-order valence-electron chi connectivity index (χ3n) is 4.83. The first-order valence-corrected chi connectivity index (χ1v) is 10.1. The minimum absolute atomic E-state index is 0.0136. The first kappa shape index (κ1) is 19.1. The monoisotopic (exact) mass is 372 g/mol. The van der Waals surface area contributed by atoms with Crippen molar-refractivity contribution in [3.63, 3.8) is 0 Å². The fraction of sp³-hybridized carbons (Fsp3) is 0.476. The topological polar surface area (TPSA) is 41.6 Å². The molecule has 0 spiro atoms. The highest BCUT2D eigenvalue weighted by Crippen LogP contribution is 2.26. The van der Waals surface area contributed by atoms with Gasteiger partial charge in [0.2, 0.25) is 0 Å². The third-order valence-corrected chi connectivity index (χ3v) is 5.80. The summed E-state index contributed by atoms with van der Waals surface area (Å²) in [6, 6.07) is 12.4. The number of nitrogens with one attached hydrogen (secondary N) is 1. The van der Waals surface area contributed by atoms with Crippen LogP contribution in [0.5, 0.6) is 0 Å². The molecule has 0 bridgehead atoms. The molecule has 1 amide bonds. The number of amides is 1. The van der Waals surface area contributed by atoms with Crippen LogP contribution in [0.1, 0.15) is 47.6 Å². The Kier molecular flexibility index (Phi) is 6.12. The lowest BCUT2D eigenvalue weighted by Gasteiger charge is -2.34. The molecule has 0 saturated carbocycles. The summed E-state index contributed by atoms with van der Waals surface area (Å²) in [5.74, 6) is -0.0136. The maximum atomic E-state index is 12.6. The molecule has 5 heteroatoms. The van der Waals surface area contributed by atoms with Crippen molar-refractivity contribution < 1.29 is 9.53 Å². The van der Waals surface area contributed by atoms with Crippen molar-refractivity contribution in [2.45, 2.75) is 32.2 Å². The van der Waals surface area contributed by atoms with Gasteiger partial charge in [-0.3, -0.25) is 9.69 Å². The second-order valence-corrected chi connectivity index (χ2v) is 8.70. The van der Waals surface area contributed by atoms with E-state index in [0.29, 0.717) is 12.1 Å². The van der Waals surface area contributed by atoms with Crippen molar-refractivity contribution in [2.24, 2.45) is 0 Å². The molecule has 1 N–H and O–H groups in total. The van der Waals surface area contributed by atoms with Crippen molar-refractivity contribution in [1.29, 1.82) is 0 Å². The van der Waals surface area contributed by atoms with Gasteiger partial charge in [0.05, 0.1) is 19.3 Å². The number of ether oxygens (including phenoxy) is 1. The van der Waals surface area contributed by atoms with Crippen molar-refractivity contribution >= 4 is 17.2 Å². The van der Waals surface area contributed by atoms with Gasteiger partial charge < -0.3 is 10.1 Å². The summed E-state index contributed by atoms with van der Waals surface area (Å²) in [5, 5.41) is 5.22. The first-order chi connectivity index (χ1) is 12.4. The zero-order chi connectivity index (χ0) is 18.6. The van der Waals surface area contributed by atoms with Gasteiger partial charge >= 0.3 is 0 Å². The Morgan fingerprint density at radius 1 is 1.19 bits per heavy atom. The molecule has 3 rings (SSSR count). The Balaban J connectivity index is 1.65. The molecule has 2 aromatic rings. The van der Waals surface area contributed by atoms with E-state index >= 15 is 0 Å². The van der Waals surface area contributed by atoms with E-state index in [1.54, 1.807) is 11.3 Å². The number of nitrogens with zero attached hydrogens (tertiary/aromatic N) is 1. The van der Waals surface area contributed by atoms with Gasteiger partial charge in [-0.05, 0) is 34.6 Å². The molecule has 0 aliphatic carbocycles. The van der Waals surface area contributed by atoms with Crippen molar-refractivity contribution in [3.8, 4) is 0 Å². The molecular formula is C21H28N2O2S. The van der Waals surface area contributed by atoms with Crippen LogP contribution in [-0.2, 0) is 10.2 Å². The molecule has 1 saturated heterocycles. The van der Waals surface area contributed by atoms with Crippen LogP contribution in [-0.4, -0.2) is 43.7 Å². The SMILES string of the molecule is CC(C)(C)c1ccc(C(=O)NCC(c2cccs2)N2CCOCC2)cc1. The average Bonchev–Trinajstić information content (AvgIpc) is 3.16. The van der Waals surface area contributed by atoms with Crippen molar-refractivity contribution in [1.82, 2.24) is 10.2 Å². The number of hydrogen-bond acceptors (Lipinski definition) is 4. The zero-order valence-electron chi connectivity index (χ0n) is 15.8. The van der Waals surface area contributed by atoms with Crippen LogP contribution in [0.4, 0.5) is 0 Å². The van der Waals surface area contributed by atoms with E-state index in [2.05, 4.69) is 48.5 Å². The van der Waals surface area contributed by atoms with Crippen molar-refractivity contribution in [3.05, 3.63) is 57.8 Å². The molecule has 1 aromatic heterocycles. The van der Waals surface area contributed by atoms with E-state index in [9.17, 15) is 4.79 Å². The highest BCUT2D eigenvalue weighted by Gasteiger charge is 2.24. The number of morpholine rings is 1. The summed E-state index contributed by atoms with van der Waals surface area (Å²) >= 11 is 1.74. The molecule has 1 aromatic carbocycles. The summed E-state index contributed by atoms with van der Waals surface area (Å²) in [5.41, 5.74) is 2.04. The summed E-state index contributed by atoms with van der Waals surface area (Å²) in [7, 11) is 0. The number of carbonyl (C=O) groups excluding carboxylic acids is 1. The zero-order valence-corrected chi connectivity index (χ0v) is 16.6. The lowest BCUT2D eigenvalue weighted by atomic mass is 9.87. The second-order valence-electron chi connectivity index (χ2n) is 7.72. The molecule has 0 radical (unpaired) electrons. The van der Waals surface area contributed by atoms with E-state index < -0.39 is 0 Å². The van der Waals surface area contributed by atoms with Crippen LogP contribution in [0.3, 0.4) is 0 Å². The van der Waals surface area contributed by atoms with E-state index in [0.717, 1.165) is 26.3 Å². The molecule has 1 aliphatic heterocycles. The third kappa shape index (κ3) is 4.72. The number of thiophene rings is 1. The van der Waals surface area contributed by atoms with Gasteiger partial charge in [-0.25, -0.2) is 0 Å². The fourth-order valence-corrected chi connectivity index (χ4v) is 4.05. The molecule has 2 heterocycles. The summed E-state index contributed by atoms with van der Waals surface area (Å²) in [6.07, 6.45) is 0. The summed E-state index contributed by atoms with van der Waals surface area (Å²) in [6.45, 7) is 10.5. The highest BCUT2D eigenvalue weighted by molar-refractivity contribution is 7.10. The Labute approximate surface area is 160 Å². The van der Waals surface area contributed by atoms with Gasteiger partial charge in [0.15, 0.2) is 0 Å². The standard InChI is InChI=1S/C21H28N2O2S/c1-21(2,3)17-8-6-16(7-9-17)20(24)22-15-18(19-5-4-14-26-19)23-10-12-25-13-11-23/h4-9,14,18H,10-13,15H2,1-3H3,(H,22,24). The van der Waals surface area contributed by atoms with Gasteiger partial charge in [-0.1, -0.05) is 39.0 Å². The smallest absolute Gasteiger partial charge is 0.251 e. The number of benzene rings is 1. The molecular weight excluding hydrogens is 344 g/mol. The highest BCUT2D eigenvalue weighted by atomic mass is 32.1. The minimum atomic E-state index is -0.0136. The predicted molar refractivity (Wildman–Crippen MR) is 107 cm³/mol. The van der Waals surface area contributed by atoms with Crippen LogP contribution in [0.15, 0.2) is 41.8 Å². The van der Waals surface area contributed by atoms with Gasteiger partial charge in [-0.2, -0.15) is 0 Å². The van der Waals surface area contributed by atoms with Crippen LogP contribution in [0, 0.1) is 0 Å². The van der Waals surface area contributed by atoms with Crippen LogP contribution in [0.25, 0.3) is 0 Å². The van der Waals surface area contributed by atoms with Gasteiger partial charge in [-0.15, -0.1) is 11.3 Å². The summed E-state index contributed by atoms with van der Waals surface area (Å²) in [4.78, 5) is 16.3. The van der Waals surface area contributed by atoms with E-state index in [-0.39, 0.29) is 17.4 Å². The summed E-state index contributed by atoms with van der Waals surface area (Å²) < 4.78 is 5.48. The van der Waals surface area contributed by atoms with Gasteiger partial charge in [0, 0.05) is 30.1 Å². The molecule has 1 fully saturated rings. The van der Waals surface area contributed by atoms with Crippen LogP contribution in [0.2, 0.25) is 0 Å². The molecule has 1 aliphatic rings. The maximum Gasteiger partial charge on any atom is 0.251 e. The molecule has 4 nitrogen and oxygen atoms in total. The molecule has 26 heavy (non-hydrogen) atoms. The second kappa shape index (κ2) is 8.33. The lowest BCUT2D eigenvalue weighted by Crippen LogP contribution is -2.43. The minimum Gasteiger partial charge on any atom is -0.379 e. The Bertz CT molecular complexity index is 699. The molecule has 1 unspecified atom stereocenters. The lowest BCUT2D eigenvalue weighted by molar-refractivity contribution is 0.0169. The van der Waals surface area contributed by atoms with E-state index in [4.69, 9.17) is 4.74 Å². The number of carbonyl (C=O) groups is 1. The number of hydrogen-bond donors (Lipinski definition) is 1. The average molecular weight is 373 g/mol. The van der Waals surface area contributed by atoms with E-state index in [1.807, 2.05) is 24.3 Å². The predicted octanol–water partition coefficient (Wildman–Crippen LogP) is 3.85. The van der Waals surface area contributed by atoms with Gasteiger partial charge in [0.25, 0.3) is 5.91 Å². The molecule has 1 atom stereocenters. The van der Waals surface area contributed by atoms with Crippen LogP contribution >= 0.6 is 11.3 Å². The molecule has 140 valence electrons. The Hall–Kier alpha value is -1.69. The maximum absolute atomic E-state index is 12.6. The quantitative estimate of drug-likeness (QED) is 0.867. The fourth-order valence-electron chi connectivity index (χ4n) is 3.19. The number of rotatable bonds is 5. The van der Waals surface area contributed by atoms with E-state index in [1.165, 1.54) is 10.4 Å². The van der Waals surface area contributed by atoms with Crippen LogP contribution < -0.4 is 5.32 Å².